The number of thiophene rings is 1. The molecule has 0 atom stereocenters. The van der Waals surface area contributed by atoms with Crippen molar-refractivity contribution in [2.75, 3.05) is 0 Å². The summed E-state index contributed by atoms with van der Waals surface area (Å²) >= 11 is 1.77. The van der Waals surface area contributed by atoms with Gasteiger partial charge in [-0.1, -0.05) is 133 Å². The van der Waals surface area contributed by atoms with E-state index in [0.717, 1.165) is 82.3 Å². The third kappa shape index (κ3) is 5.47. The highest BCUT2D eigenvalue weighted by Gasteiger charge is 2.21. The van der Waals surface area contributed by atoms with Crippen LogP contribution in [0.4, 0.5) is 0 Å². The summed E-state index contributed by atoms with van der Waals surface area (Å²) in [5.41, 5.74) is 10.4. The number of hydrogen-bond acceptors (Lipinski definition) is 5. The van der Waals surface area contributed by atoms with Crippen molar-refractivity contribution in [1.29, 1.82) is 0 Å². The number of para-hydroxylation sites is 4. The molecule has 59 heavy (non-hydrogen) atoms. The second kappa shape index (κ2) is 13.4. The lowest BCUT2D eigenvalue weighted by atomic mass is 10.0. The number of imidazole rings is 1. The van der Waals surface area contributed by atoms with Gasteiger partial charge in [0.15, 0.2) is 11.6 Å². The molecule has 0 saturated carbocycles. The molecule has 0 unspecified atom stereocenters. The molecule has 0 bridgehead atoms. The van der Waals surface area contributed by atoms with Crippen LogP contribution in [0.2, 0.25) is 0 Å². The third-order valence-electron chi connectivity index (χ3n) is 11.2. The molecule has 0 fully saturated rings. The predicted molar refractivity (Wildman–Crippen MR) is 243 cm³/mol. The normalized spacial score (nSPS) is 11.7. The van der Waals surface area contributed by atoms with Gasteiger partial charge in [-0.25, -0.2) is 9.97 Å². The van der Waals surface area contributed by atoms with E-state index < -0.39 is 0 Å². The van der Waals surface area contributed by atoms with Gasteiger partial charge >= 0.3 is 0 Å². The first-order valence-corrected chi connectivity index (χ1v) is 20.5. The summed E-state index contributed by atoms with van der Waals surface area (Å²) in [6, 6.07) is 67.9. The van der Waals surface area contributed by atoms with Crippen LogP contribution in [0.5, 0.6) is 0 Å². The molecule has 0 radical (unpaired) electrons. The summed E-state index contributed by atoms with van der Waals surface area (Å²) < 4.78 is 6.77. The molecule has 276 valence electrons. The summed E-state index contributed by atoms with van der Waals surface area (Å²) in [6.07, 6.45) is 0. The molecule has 12 rings (SSSR count). The fourth-order valence-electron chi connectivity index (χ4n) is 8.47. The largest absolute Gasteiger partial charge is 0.292 e. The first-order chi connectivity index (χ1) is 29.2. The van der Waals surface area contributed by atoms with E-state index in [-0.39, 0.29) is 0 Å². The van der Waals surface area contributed by atoms with Crippen LogP contribution in [0.25, 0.3) is 110 Å². The molecule has 8 aromatic carbocycles. The minimum atomic E-state index is 0.575. The van der Waals surface area contributed by atoms with E-state index in [1.807, 2.05) is 30.3 Å². The van der Waals surface area contributed by atoms with Crippen LogP contribution in [-0.2, 0) is 0 Å². The fraction of sp³-hybridized carbons (Fsp3) is 0. The van der Waals surface area contributed by atoms with Crippen molar-refractivity contribution in [1.82, 2.24) is 29.1 Å². The maximum absolute atomic E-state index is 5.36. The zero-order valence-electron chi connectivity index (χ0n) is 31.6. The van der Waals surface area contributed by atoms with Gasteiger partial charge in [-0.3, -0.25) is 9.13 Å². The Labute approximate surface area is 343 Å². The van der Waals surface area contributed by atoms with Crippen molar-refractivity contribution in [3.8, 4) is 56.9 Å². The summed E-state index contributed by atoms with van der Waals surface area (Å²) in [4.78, 5) is 21.0. The van der Waals surface area contributed by atoms with Gasteiger partial charge in [-0.05, 0) is 71.8 Å². The molecular weight excluding hydrogens is 741 g/mol. The maximum atomic E-state index is 5.36. The second-order valence-corrected chi connectivity index (χ2v) is 15.7. The Hall–Kier alpha value is -7.74. The van der Waals surface area contributed by atoms with Crippen molar-refractivity contribution in [2.45, 2.75) is 0 Å². The van der Waals surface area contributed by atoms with Crippen molar-refractivity contribution in [2.24, 2.45) is 0 Å². The lowest BCUT2D eigenvalue weighted by molar-refractivity contribution is 0.954. The number of rotatable bonds is 6. The first-order valence-electron chi connectivity index (χ1n) is 19.6. The maximum Gasteiger partial charge on any atom is 0.238 e. The van der Waals surface area contributed by atoms with Crippen molar-refractivity contribution in [3.05, 3.63) is 194 Å². The van der Waals surface area contributed by atoms with Crippen LogP contribution in [-0.4, -0.2) is 29.1 Å². The van der Waals surface area contributed by atoms with Crippen LogP contribution in [0.1, 0.15) is 0 Å². The van der Waals surface area contributed by atoms with Gasteiger partial charge in [0.05, 0.1) is 22.1 Å². The minimum Gasteiger partial charge on any atom is -0.292 e. The average Bonchev–Trinajstić information content (AvgIpc) is 3.99. The molecule has 12 aromatic rings. The first kappa shape index (κ1) is 33.4. The Bertz CT molecular complexity index is 3550. The van der Waals surface area contributed by atoms with E-state index in [9.17, 15) is 0 Å². The van der Waals surface area contributed by atoms with Crippen LogP contribution >= 0.6 is 11.3 Å². The van der Waals surface area contributed by atoms with Gasteiger partial charge in [-0.15, -0.1) is 11.3 Å². The minimum absolute atomic E-state index is 0.575. The average molecular weight is 773 g/mol. The lowest BCUT2D eigenvalue weighted by Gasteiger charge is -2.12. The third-order valence-corrected chi connectivity index (χ3v) is 12.4. The van der Waals surface area contributed by atoms with Gasteiger partial charge in [-0.2, -0.15) is 9.97 Å². The zero-order valence-corrected chi connectivity index (χ0v) is 32.4. The molecular formula is C52H32N6S. The topological polar surface area (TPSA) is 61.4 Å². The van der Waals surface area contributed by atoms with E-state index in [0.29, 0.717) is 17.6 Å². The number of fused-ring (bicyclic) bond motifs is 7. The smallest absolute Gasteiger partial charge is 0.238 e. The summed E-state index contributed by atoms with van der Waals surface area (Å²) in [5.74, 6) is 2.73. The van der Waals surface area contributed by atoms with E-state index in [2.05, 4.69) is 173 Å². The Kier molecular flexibility index (Phi) is 7.61. The van der Waals surface area contributed by atoms with Crippen LogP contribution in [0, 0.1) is 0 Å². The van der Waals surface area contributed by atoms with E-state index in [1.165, 1.54) is 10.1 Å². The highest BCUT2D eigenvalue weighted by molar-refractivity contribution is 7.26. The van der Waals surface area contributed by atoms with Gasteiger partial charge in [0.25, 0.3) is 0 Å². The highest BCUT2D eigenvalue weighted by Crippen LogP contribution is 2.42. The van der Waals surface area contributed by atoms with Crippen molar-refractivity contribution >= 4 is 64.3 Å². The number of nitrogens with zero attached hydrogens (tertiary/aromatic N) is 6. The van der Waals surface area contributed by atoms with Crippen LogP contribution in [0.3, 0.4) is 0 Å². The number of benzene rings is 8. The predicted octanol–water partition coefficient (Wildman–Crippen LogP) is 13.3. The molecule has 0 N–H and O–H groups in total. The summed E-state index contributed by atoms with van der Waals surface area (Å²) in [6.45, 7) is 0. The molecule has 0 aliphatic carbocycles. The molecule has 0 saturated heterocycles. The van der Waals surface area contributed by atoms with Gasteiger partial charge in [0.2, 0.25) is 5.95 Å². The lowest BCUT2D eigenvalue weighted by Crippen LogP contribution is -2.06. The van der Waals surface area contributed by atoms with Crippen LogP contribution < -0.4 is 0 Å². The van der Waals surface area contributed by atoms with Crippen molar-refractivity contribution < 1.29 is 0 Å². The molecule has 0 aliphatic rings. The highest BCUT2D eigenvalue weighted by atomic mass is 32.1. The number of hydrogen-bond donors (Lipinski definition) is 0. The molecule has 0 amide bonds. The van der Waals surface area contributed by atoms with E-state index in [4.69, 9.17) is 19.9 Å². The standard InChI is InChI=1S/C52H32N6S/c1-4-15-33(16-5-1)35-27-29-39-38-21-10-12-25-44(38)58(46(39)32-35)52-55-49(34-17-6-2-7-18-34)54-50(56-52)41-23-14-22-40-42-31-36(28-30-47(42)59-48(40)41)51-53-43-24-11-13-26-45(43)57(51)37-19-8-3-9-20-37/h1-32H. The molecule has 0 aliphatic heterocycles. The second-order valence-electron chi connectivity index (χ2n) is 14.7. The van der Waals surface area contributed by atoms with Crippen molar-refractivity contribution in [3.63, 3.8) is 0 Å². The molecule has 4 heterocycles. The van der Waals surface area contributed by atoms with Gasteiger partial charge in [0, 0.05) is 53.3 Å². The van der Waals surface area contributed by atoms with Gasteiger partial charge < -0.3 is 0 Å². The quantitative estimate of drug-likeness (QED) is 0.169. The van der Waals surface area contributed by atoms with Gasteiger partial charge in [0.1, 0.15) is 5.82 Å². The monoisotopic (exact) mass is 772 g/mol. The Morgan fingerprint density at radius 3 is 1.86 bits per heavy atom. The Balaban J connectivity index is 1.07. The number of aromatic nitrogens is 6. The Morgan fingerprint density at radius 1 is 0.373 bits per heavy atom. The van der Waals surface area contributed by atoms with E-state index in [1.54, 1.807) is 11.3 Å². The van der Waals surface area contributed by atoms with E-state index >= 15 is 0 Å². The molecule has 6 nitrogen and oxygen atoms in total. The summed E-state index contributed by atoms with van der Waals surface area (Å²) in [5, 5.41) is 4.61. The Morgan fingerprint density at radius 2 is 1.03 bits per heavy atom. The molecule has 0 spiro atoms. The SMILES string of the molecule is c1ccc(-c2ccc3c4ccccc4n(-c4nc(-c5ccccc5)nc(-c5cccc6c5sc5ccc(-c7nc8ccccc8n7-c7ccccc7)cc56)n4)c3c2)cc1. The fourth-order valence-corrected chi connectivity index (χ4v) is 9.66. The zero-order chi connectivity index (χ0) is 38.9. The molecule has 4 aromatic heterocycles. The van der Waals surface area contributed by atoms with Crippen LogP contribution in [0.15, 0.2) is 194 Å². The molecule has 7 heteroatoms. The summed E-state index contributed by atoms with van der Waals surface area (Å²) in [7, 11) is 0.